The second kappa shape index (κ2) is 8.05. The first-order valence-electron chi connectivity index (χ1n) is 8.16. The summed E-state index contributed by atoms with van der Waals surface area (Å²) in [6.07, 6.45) is 4.77. The monoisotopic (exact) mass is 323 g/mol. The molecule has 1 aliphatic heterocycles. The number of piperidine rings is 1. The normalized spacial score (nSPS) is 15.6. The van der Waals surface area contributed by atoms with E-state index in [2.05, 4.69) is 15.3 Å². The van der Waals surface area contributed by atoms with Crippen LogP contribution in [0.25, 0.3) is 0 Å². The molecule has 0 aliphatic carbocycles. The lowest BCUT2D eigenvalue weighted by atomic mass is 10.1. The summed E-state index contributed by atoms with van der Waals surface area (Å²) in [5, 5.41) is 17.9. The molecule has 0 saturated carbocycles. The van der Waals surface area contributed by atoms with Crippen molar-refractivity contribution in [3.05, 3.63) is 21.5 Å². The number of aromatic nitrogens is 2. The van der Waals surface area contributed by atoms with E-state index in [-0.39, 0.29) is 18.1 Å². The quantitative estimate of drug-likeness (QED) is 0.465. The summed E-state index contributed by atoms with van der Waals surface area (Å²) in [6, 6.07) is 0. The average Bonchev–Trinajstić information content (AvgIpc) is 2.79. The standard InChI is InChI=1S/C15H25N5O3/c1-12-15(20(22)23)13(2)19(17-12)11-14(21)16-7-6-10-18-8-4-3-5-9-18/h3-11H2,1-2H3,(H,16,21). The van der Waals surface area contributed by atoms with E-state index in [1.807, 2.05) is 0 Å². The summed E-state index contributed by atoms with van der Waals surface area (Å²) < 4.78 is 1.40. The van der Waals surface area contributed by atoms with Crippen molar-refractivity contribution >= 4 is 11.6 Å². The number of hydrogen-bond acceptors (Lipinski definition) is 5. The molecule has 1 amide bonds. The van der Waals surface area contributed by atoms with Gasteiger partial charge in [0.15, 0.2) is 0 Å². The minimum Gasteiger partial charge on any atom is -0.354 e. The van der Waals surface area contributed by atoms with E-state index in [1.54, 1.807) is 13.8 Å². The number of rotatable bonds is 7. The van der Waals surface area contributed by atoms with Crippen LogP contribution in [0, 0.1) is 24.0 Å². The zero-order valence-electron chi connectivity index (χ0n) is 13.9. The number of hydrogen-bond donors (Lipinski definition) is 1. The number of nitro groups is 1. The van der Waals surface area contributed by atoms with Crippen LogP contribution in [0.15, 0.2) is 0 Å². The molecule has 1 aliphatic rings. The van der Waals surface area contributed by atoms with Gasteiger partial charge in [0.2, 0.25) is 5.91 Å². The largest absolute Gasteiger partial charge is 0.354 e. The molecule has 0 radical (unpaired) electrons. The van der Waals surface area contributed by atoms with Crippen molar-refractivity contribution in [2.45, 2.75) is 46.1 Å². The van der Waals surface area contributed by atoms with Crippen molar-refractivity contribution in [3.63, 3.8) is 0 Å². The molecule has 0 bridgehead atoms. The zero-order chi connectivity index (χ0) is 16.8. The second-order valence-corrected chi connectivity index (χ2v) is 6.04. The number of amides is 1. The summed E-state index contributed by atoms with van der Waals surface area (Å²) in [7, 11) is 0. The number of aryl methyl sites for hydroxylation is 1. The number of carbonyl (C=O) groups is 1. The average molecular weight is 323 g/mol. The SMILES string of the molecule is Cc1nn(CC(=O)NCCCN2CCCCC2)c(C)c1[N+](=O)[O-]. The Bertz CT molecular complexity index is 564. The van der Waals surface area contributed by atoms with Crippen LogP contribution >= 0.6 is 0 Å². The molecule has 2 heterocycles. The summed E-state index contributed by atoms with van der Waals surface area (Å²) in [4.78, 5) is 24.9. The van der Waals surface area contributed by atoms with Gasteiger partial charge in [0, 0.05) is 6.54 Å². The highest BCUT2D eigenvalue weighted by molar-refractivity contribution is 5.75. The third kappa shape index (κ3) is 4.75. The smallest absolute Gasteiger partial charge is 0.312 e. The fourth-order valence-corrected chi connectivity index (χ4v) is 3.01. The molecule has 0 aromatic carbocycles. The van der Waals surface area contributed by atoms with Gasteiger partial charge in [-0.1, -0.05) is 6.42 Å². The van der Waals surface area contributed by atoms with Crippen LogP contribution in [0.5, 0.6) is 0 Å². The fourth-order valence-electron chi connectivity index (χ4n) is 3.01. The van der Waals surface area contributed by atoms with E-state index in [9.17, 15) is 14.9 Å². The molecule has 23 heavy (non-hydrogen) atoms. The van der Waals surface area contributed by atoms with E-state index in [1.165, 1.54) is 23.9 Å². The Morgan fingerprint density at radius 2 is 2.00 bits per heavy atom. The number of nitrogens with one attached hydrogen (secondary N) is 1. The van der Waals surface area contributed by atoms with E-state index < -0.39 is 4.92 Å². The van der Waals surface area contributed by atoms with Crippen LogP contribution in [0.4, 0.5) is 5.69 Å². The highest BCUT2D eigenvalue weighted by atomic mass is 16.6. The van der Waals surface area contributed by atoms with Gasteiger partial charge in [0.1, 0.15) is 17.9 Å². The minimum atomic E-state index is -0.454. The first-order chi connectivity index (χ1) is 11.0. The number of likely N-dealkylation sites (tertiary alicyclic amines) is 1. The summed E-state index contributed by atoms with van der Waals surface area (Å²) in [5.41, 5.74) is 0.740. The lowest BCUT2D eigenvalue weighted by Crippen LogP contribution is -2.34. The van der Waals surface area contributed by atoms with Gasteiger partial charge in [-0.2, -0.15) is 5.10 Å². The van der Waals surface area contributed by atoms with Crippen molar-refractivity contribution in [1.29, 1.82) is 0 Å². The van der Waals surface area contributed by atoms with Gasteiger partial charge in [-0.3, -0.25) is 19.6 Å². The molecular formula is C15H25N5O3. The molecule has 1 aromatic rings. The first-order valence-corrected chi connectivity index (χ1v) is 8.16. The highest BCUT2D eigenvalue weighted by Crippen LogP contribution is 2.21. The van der Waals surface area contributed by atoms with Gasteiger partial charge in [-0.15, -0.1) is 0 Å². The van der Waals surface area contributed by atoms with Crippen molar-refractivity contribution in [2.24, 2.45) is 0 Å². The molecule has 8 nitrogen and oxygen atoms in total. The molecule has 1 fully saturated rings. The van der Waals surface area contributed by atoms with E-state index in [0.717, 1.165) is 26.1 Å². The lowest BCUT2D eigenvalue weighted by Gasteiger charge is -2.26. The van der Waals surface area contributed by atoms with Gasteiger partial charge < -0.3 is 10.2 Å². The Kier molecular flexibility index (Phi) is 6.09. The molecular weight excluding hydrogens is 298 g/mol. The summed E-state index contributed by atoms with van der Waals surface area (Å²) in [6.45, 7) is 7.15. The topological polar surface area (TPSA) is 93.3 Å². The van der Waals surface area contributed by atoms with Gasteiger partial charge >= 0.3 is 5.69 Å². The summed E-state index contributed by atoms with van der Waals surface area (Å²) in [5.74, 6) is -0.163. The van der Waals surface area contributed by atoms with Crippen LogP contribution in [0.2, 0.25) is 0 Å². The van der Waals surface area contributed by atoms with Gasteiger partial charge in [0.05, 0.1) is 4.92 Å². The minimum absolute atomic E-state index is 0.0112. The third-order valence-electron chi connectivity index (χ3n) is 4.24. The van der Waals surface area contributed by atoms with Crippen molar-refractivity contribution in [3.8, 4) is 0 Å². The molecule has 8 heteroatoms. The predicted molar refractivity (Wildman–Crippen MR) is 86.3 cm³/mol. The van der Waals surface area contributed by atoms with Crippen LogP contribution < -0.4 is 5.32 Å². The van der Waals surface area contributed by atoms with Crippen LogP contribution in [-0.4, -0.2) is 51.7 Å². The maximum absolute atomic E-state index is 12.0. The van der Waals surface area contributed by atoms with Crippen molar-refractivity contribution in [2.75, 3.05) is 26.2 Å². The van der Waals surface area contributed by atoms with Gasteiger partial charge in [-0.25, -0.2) is 0 Å². The zero-order valence-corrected chi connectivity index (χ0v) is 13.9. The van der Waals surface area contributed by atoms with Crippen LogP contribution in [-0.2, 0) is 11.3 Å². The molecule has 0 atom stereocenters. The van der Waals surface area contributed by atoms with Gasteiger partial charge in [-0.05, 0) is 52.7 Å². The number of nitrogens with zero attached hydrogens (tertiary/aromatic N) is 4. The maximum atomic E-state index is 12.0. The Balaban J connectivity index is 1.74. The molecule has 1 aromatic heterocycles. The predicted octanol–water partition coefficient (Wildman–Crippen LogP) is 1.40. The van der Waals surface area contributed by atoms with Crippen molar-refractivity contribution in [1.82, 2.24) is 20.0 Å². The number of carbonyl (C=O) groups excluding carboxylic acids is 1. The molecule has 2 rings (SSSR count). The Morgan fingerprint density at radius 3 is 2.61 bits per heavy atom. The fraction of sp³-hybridized carbons (Fsp3) is 0.733. The van der Waals surface area contributed by atoms with Crippen LogP contribution in [0.1, 0.15) is 37.1 Å². The Hall–Kier alpha value is -1.96. The van der Waals surface area contributed by atoms with E-state index in [0.29, 0.717) is 17.9 Å². The van der Waals surface area contributed by atoms with Gasteiger partial charge in [0.25, 0.3) is 0 Å². The maximum Gasteiger partial charge on any atom is 0.312 e. The van der Waals surface area contributed by atoms with E-state index in [4.69, 9.17) is 0 Å². The third-order valence-corrected chi connectivity index (χ3v) is 4.24. The molecule has 1 saturated heterocycles. The van der Waals surface area contributed by atoms with Crippen LogP contribution in [0.3, 0.4) is 0 Å². The highest BCUT2D eigenvalue weighted by Gasteiger charge is 2.22. The van der Waals surface area contributed by atoms with Crippen molar-refractivity contribution < 1.29 is 9.72 Å². The lowest BCUT2D eigenvalue weighted by molar-refractivity contribution is -0.386. The Labute approximate surface area is 136 Å². The first kappa shape index (κ1) is 17.4. The second-order valence-electron chi connectivity index (χ2n) is 6.04. The molecule has 0 spiro atoms. The molecule has 128 valence electrons. The van der Waals surface area contributed by atoms with E-state index >= 15 is 0 Å². The summed E-state index contributed by atoms with van der Waals surface area (Å²) >= 11 is 0. The molecule has 1 N–H and O–H groups in total. The molecule has 0 unspecified atom stereocenters. The Morgan fingerprint density at radius 1 is 1.30 bits per heavy atom.